The zero-order valence-corrected chi connectivity index (χ0v) is 9.41. The van der Waals surface area contributed by atoms with E-state index in [0.717, 1.165) is 5.69 Å². The molecule has 88 valence electrons. The number of aryl methyl sites for hydroxylation is 1. The van der Waals surface area contributed by atoms with E-state index >= 15 is 0 Å². The number of rotatable bonds is 3. The van der Waals surface area contributed by atoms with E-state index in [4.69, 9.17) is 0 Å². The number of ether oxygens (including phenoxy) is 1. The summed E-state index contributed by atoms with van der Waals surface area (Å²) >= 11 is 0. The third-order valence-electron chi connectivity index (χ3n) is 2.02. The molecule has 2 heterocycles. The molecule has 0 atom stereocenters. The molecule has 7 nitrogen and oxygen atoms in total. The Morgan fingerprint density at radius 1 is 1.35 bits per heavy atom. The summed E-state index contributed by atoms with van der Waals surface area (Å²) in [5.41, 5.74) is 0.969. The molecule has 0 aliphatic carbocycles. The lowest BCUT2D eigenvalue weighted by Gasteiger charge is -2.02. The van der Waals surface area contributed by atoms with Gasteiger partial charge in [0.2, 0.25) is 0 Å². The van der Waals surface area contributed by atoms with Crippen molar-refractivity contribution in [3.63, 3.8) is 0 Å². The molecule has 0 spiro atoms. The number of esters is 1. The van der Waals surface area contributed by atoms with Crippen molar-refractivity contribution in [2.75, 3.05) is 12.4 Å². The number of hydrogen-bond acceptors (Lipinski definition) is 6. The normalized spacial score (nSPS) is 10.0. The average molecular weight is 233 g/mol. The van der Waals surface area contributed by atoms with Gasteiger partial charge in [-0.05, 0) is 0 Å². The van der Waals surface area contributed by atoms with Crippen LogP contribution in [0.2, 0.25) is 0 Å². The van der Waals surface area contributed by atoms with Crippen LogP contribution in [0.5, 0.6) is 0 Å². The number of nitrogens with zero attached hydrogens (tertiary/aromatic N) is 4. The van der Waals surface area contributed by atoms with Crippen LogP contribution in [0.4, 0.5) is 11.5 Å². The highest BCUT2D eigenvalue weighted by Gasteiger charge is 2.07. The zero-order chi connectivity index (χ0) is 12.3. The molecule has 0 saturated heterocycles. The predicted octanol–water partition coefficient (Wildman–Crippen LogP) is 0.740. The number of hydrogen-bond donors (Lipinski definition) is 1. The first kappa shape index (κ1) is 11.1. The molecule has 0 fully saturated rings. The van der Waals surface area contributed by atoms with E-state index in [1.54, 1.807) is 17.1 Å². The van der Waals surface area contributed by atoms with Gasteiger partial charge in [-0.3, -0.25) is 4.68 Å². The number of carbonyl (C=O) groups is 1. The van der Waals surface area contributed by atoms with Crippen LogP contribution in [0, 0.1) is 0 Å². The quantitative estimate of drug-likeness (QED) is 0.787. The second-order valence-electron chi connectivity index (χ2n) is 3.31. The maximum Gasteiger partial charge on any atom is 0.358 e. The summed E-state index contributed by atoms with van der Waals surface area (Å²) < 4.78 is 6.19. The van der Waals surface area contributed by atoms with Crippen LogP contribution in [0.25, 0.3) is 0 Å². The summed E-state index contributed by atoms with van der Waals surface area (Å²) in [5.74, 6) is 0.0241. The molecule has 7 heteroatoms. The number of methoxy groups -OCH3 is 1. The summed E-state index contributed by atoms with van der Waals surface area (Å²) in [6, 6.07) is 0. The zero-order valence-electron chi connectivity index (χ0n) is 9.41. The van der Waals surface area contributed by atoms with E-state index in [2.05, 4.69) is 25.1 Å². The van der Waals surface area contributed by atoms with Gasteiger partial charge >= 0.3 is 5.97 Å². The standard InChI is InChI=1S/C10H11N5O2/c1-15-6-7(3-13-15)14-9-5-11-8(4-12-9)10(16)17-2/h3-6H,1-2H3,(H,12,14). The van der Waals surface area contributed by atoms with Gasteiger partial charge in [0.05, 0.1) is 31.4 Å². The second kappa shape index (κ2) is 4.60. The van der Waals surface area contributed by atoms with Gasteiger partial charge in [0.1, 0.15) is 5.82 Å². The molecule has 0 unspecified atom stereocenters. The largest absolute Gasteiger partial charge is 0.464 e. The smallest absolute Gasteiger partial charge is 0.358 e. The highest BCUT2D eigenvalue weighted by Crippen LogP contribution is 2.11. The van der Waals surface area contributed by atoms with Gasteiger partial charge in [0.25, 0.3) is 0 Å². The van der Waals surface area contributed by atoms with E-state index in [0.29, 0.717) is 5.82 Å². The fourth-order valence-corrected chi connectivity index (χ4v) is 1.24. The minimum absolute atomic E-state index is 0.171. The first-order valence-corrected chi connectivity index (χ1v) is 4.85. The fraction of sp³-hybridized carbons (Fsp3) is 0.200. The van der Waals surface area contributed by atoms with Gasteiger partial charge in [0, 0.05) is 13.2 Å². The maximum atomic E-state index is 11.1. The number of anilines is 2. The molecule has 1 N–H and O–H groups in total. The first-order chi connectivity index (χ1) is 8.19. The number of aromatic nitrogens is 4. The van der Waals surface area contributed by atoms with Crippen molar-refractivity contribution in [3.8, 4) is 0 Å². The SMILES string of the molecule is COC(=O)c1cnc(Nc2cnn(C)c2)cn1. The summed E-state index contributed by atoms with van der Waals surface area (Å²) in [6.07, 6.45) is 6.27. The van der Waals surface area contributed by atoms with Crippen LogP contribution in [0.1, 0.15) is 10.5 Å². The lowest BCUT2D eigenvalue weighted by molar-refractivity contribution is 0.0593. The molecule has 2 rings (SSSR count). The van der Waals surface area contributed by atoms with Crippen LogP contribution in [-0.2, 0) is 11.8 Å². The van der Waals surface area contributed by atoms with Crippen molar-refractivity contribution in [3.05, 3.63) is 30.5 Å². The Morgan fingerprint density at radius 3 is 2.71 bits per heavy atom. The maximum absolute atomic E-state index is 11.1. The molecular weight excluding hydrogens is 222 g/mol. The molecular formula is C10H11N5O2. The van der Waals surface area contributed by atoms with E-state index in [1.807, 2.05) is 7.05 Å². The molecule has 0 bridgehead atoms. The molecule has 0 amide bonds. The molecule has 2 aromatic rings. The van der Waals surface area contributed by atoms with Crippen molar-refractivity contribution in [1.29, 1.82) is 0 Å². The van der Waals surface area contributed by atoms with Gasteiger partial charge in [-0.1, -0.05) is 0 Å². The van der Waals surface area contributed by atoms with Crippen molar-refractivity contribution in [1.82, 2.24) is 19.7 Å². The van der Waals surface area contributed by atoms with E-state index in [9.17, 15) is 4.79 Å². The Bertz CT molecular complexity index is 520. The number of nitrogens with one attached hydrogen (secondary N) is 1. The minimum Gasteiger partial charge on any atom is -0.464 e. The summed E-state index contributed by atoms with van der Waals surface area (Å²) in [6.45, 7) is 0. The summed E-state index contributed by atoms with van der Waals surface area (Å²) in [7, 11) is 3.11. The molecule has 0 aliphatic rings. The van der Waals surface area contributed by atoms with Crippen LogP contribution in [0.15, 0.2) is 24.8 Å². The highest BCUT2D eigenvalue weighted by atomic mass is 16.5. The Hall–Kier alpha value is -2.44. The van der Waals surface area contributed by atoms with Gasteiger partial charge < -0.3 is 10.1 Å². The van der Waals surface area contributed by atoms with Crippen LogP contribution in [-0.4, -0.2) is 32.8 Å². The van der Waals surface area contributed by atoms with Crippen molar-refractivity contribution >= 4 is 17.5 Å². The Morgan fingerprint density at radius 2 is 2.18 bits per heavy atom. The van der Waals surface area contributed by atoms with Crippen LogP contribution >= 0.6 is 0 Å². The molecule has 2 aromatic heterocycles. The van der Waals surface area contributed by atoms with Gasteiger partial charge in [0.15, 0.2) is 5.69 Å². The van der Waals surface area contributed by atoms with Crippen LogP contribution in [0.3, 0.4) is 0 Å². The summed E-state index contributed by atoms with van der Waals surface area (Å²) in [5, 5.41) is 7.00. The van der Waals surface area contributed by atoms with E-state index in [1.165, 1.54) is 19.5 Å². The van der Waals surface area contributed by atoms with Crippen molar-refractivity contribution < 1.29 is 9.53 Å². The lowest BCUT2D eigenvalue weighted by atomic mass is 10.4. The molecule has 0 saturated carbocycles. The number of carbonyl (C=O) groups excluding carboxylic acids is 1. The molecule has 17 heavy (non-hydrogen) atoms. The third kappa shape index (κ3) is 2.57. The lowest BCUT2D eigenvalue weighted by Crippen LogP contribution is -2.05. The summed E-state index contributed by atoms with van der Waals surface area (Å²) in [4.78, 5) is 19.1. The van der Waals surface area contributed by atoms with Gasteiger partial charge in [-0.15, -0.1) is 0 Å². The van der Waals surface area contributed by atoms with E-state index < -0.39 is 5.97 Å². The molecule has 0 radical (unpaired) electrons. The minimum atomic E-state index is -0.509. The average Bonchev–Trinajstić information content (AvgIpc) is 2.75. The Balaban J connectivity index is 2.10. The van der Waals surface area contributed by atoms with Crippen LogP contribution < -0.4 is 5.32 Å². The second-order valence-corrected chi connectivity index (χ2v) is 3.31. The fourth-order valence-electron chi connectivity index (χ4n) is 1.24. The first-order valence-electron chi connectivity index (χ1n) is 4.85. The molecule has 0 aromatic carbocycles. The monoisotopic (exact) mass is 233 g/mol. The highest BCUT2D eigenvalue weighted by molar-refractivity contribution is 5.86. The Labute approximate surface area is 97.5 Å². The Kier molecular flexibility index (Phi) is 2.99. The predicted molar refractivity (Wildman–Crippen MR) is 59.9 cm³/mol. The van der Waals surface area contributed by atoms with Crippen molar-refractivity contribution in [2.24, 2.45) is 7.05 Å². The topological polar surface area (TPSA) is 81.9 Å². The third-order valence-corrected chi connectivity index (χ3v) is 2.02. The van der Waals surface area contributed by atoms with Gasteiger partial charge in [-0.2, -0.15) is 5.10 Å². The van der Waals surface area contributed by atoms with Gasteiger partial charge in [-0.25, -0.2) is 14.8 Å². The molecule has 0 aliphatic heterocycles. The van der Waals surface area contributed by atoms with Crippen molar-refractivity contribution in [2.45, 2.75) is 0 Å². The van der Waals surface area contributed by atoms with E-state index in [-0.39, 0.29) is 5.69 Å².